The van der Waals surface area contributed by atoms with Crippen molar-refractivity contribution in [1.29, 1.82) is 0 Å². The monoisotopic (exact) mass is 713 g/mol. The number of carbonyl (C=O) groups excluding carboxylic acids is 4. The lowest BCUT2D eigenvalue weighted by Crippen LogP contribution is -2.53. The van der Waals surface area contributed by atoms with Crippen molar-refractivity contribution in [1.82, 2.24) is 0 Å². The van der Waals surface area contributed by atoms with Crippen molar-refractivity contribution in [3.63, 3.8) is 0 Å². The molecule has 0 bridgehead atoms. The summed E-state index contributed by atoms with van der Waals surface area (Å²) in [4.78, 5) is 63.7. The molecule has 6 atom stereocenters. The lowest BCUT2D eigenvalue weighted by molar-refractivity contribution is -0.127. The number of rotatable bonds is 5. The van der Waals surface area contributed by atoms with E-state index < -0.39 is 35.0 Å². The van der Waals surface area contributed by atoms with Gasteiger partial charge in [-0.25, -0.2) is 4.90 Å². The van der Waals surface area contributed by atoms with Crippen molar-refractivity contribution < 1.29 is 29.0 Å². The lowest BCUT2D eigenvalue weighted by atomic mass is 9.49. The Balaban J connectivity index is 1.17. The Labute approximate surface area is 306 Å². The summed E-state index contributed by atoms with van der Waals surface area (Å²) in [6.45, 7) is 2.83. The molecule has 262 valence electrons. The average molecular weight is 714 g/mol. The molecule has 3 saturated heterocycles. The molecule has 0 unspecified atom stereocenters. The van der Waals surface area contributed by atoms with Gasteiger partial charge in [-0.15, -0.1) is 0 Å². The first-order valence-electron chi connectivity index (χ1n) is 17.8. The van der Waals surface area contributed by atoms with Gasteiger partial charge < -0.3 is 14.7 Å². The smallest absolute Gasteiger partial charge is 0.246 e. The van der Waals surface area contributed by atoms with Crippen LogP contribution in [0.25, 0.3) is 0 Å². The predicted molar refractivity (Wildman–Crippen MR) is 196 cm³/mol. The van der Waals surface area contributed by atoms with Crippen molar-refractivity contribution >= 4 is 52.3 Å². The number of hydrogen-bond donors (Lipinski definition) is 1. The SMILES string of the molecule is O=C1[C@H]2[C@H](CC=C3[C@H]2C[C@H]2C(=O)N(c4cccc(Cl)c4)C(=O)[C@@]2(c2ccccc2)[C@H]3c2ccc(O)cc2)C(=O)N1c1ccc(N2CCOCC2)cc1. The number of fused-ring (bicyclic) bond motifs is 4. The molecule has 3 heterocycles. The maximum atomic E-state index is 15.3. The van der Waals surface area contributed by atoms with E-state index in [1.165, 1.54) is 9.80 Å². The number of hydrogen-bond acceptors (Lipinski definition) is 7. The number of phenolic OH excluding ortho intramolecular Hbond substituents is 1. The van der Waals surface area contributed by atoms with Gasteiger partial charge in [0.2, 0.25) is 23.6 Å². The van der Waals surface area contributed by atoms with Gasteiger partial charge in [-0.2, -0.15) is 0 Å². The van der Waals surface area contributed by atoms with E-state index in [-0.39, 0.29) is 35.8 Å². The Hall–Kier alpha value is -5.25. The van der Waals surface area contributed by atoms with Crippen molar-refractivity contribution in [3.05, 3.63) is 131 Å². The second-order valence-corrected chi connectivity index (χ2v) is 14.7. The minimum atomic E-state index is -1.37. The van der Waals surface area contributed by atoms with Gasteiger partial charge in [-0.1, -0.05) is 71.8 Å². The zero-order valence-corrected chi connectivity index (χ0v) is 29.0. The van der Waals surface area contributed by atoms with Crippen LogP contribution in [0, 0.1) is 23.7 Å². The highest BCUT2D eigenvalue weighted by molar-refractivity contribution is 6.32. The Morgan fingerprint density at radius 1 is 0.712 bits per heavy atom. The van der Waals surface area contributed by atoms with Gasteiger partial charge in [0.1, 0.15) is 5.75 Å². The lowest BCUT2D eigenvalue weighted by Gasteiger charge is -2.50. The van der Waals surface area contributed by atoms with Gasteiger partial charge in [0.25, 0.3) is 0 Å². The quantitative estimate of drug-likeness (QED) is 0.193. The number of morpholine rings is 1. The van der Waals surface area contributed by atoms with Crippen LogP contribution in [-0.2, 0) is 29.3 Å². The molecule has 4 amide bonds. The topological polar surface area (TPSA) is 107 Å². The van der Waals surface area contributed by atoms with Crippen LogP contribution in [-0.4, -0.2) is 55.0 Å². The molecule has 0 radical (unpaired) electrons. The molecule has 10 heteroatoms. The first kappa shape index (κ1) is 32.6. The highest BCUT2D eigenvalue weighted by atomic mass is 35.5. The summed E-state index contributed by atoms with van der Waals surface area (Å²) in [6, 6.07) is 30.4. The number of benzene rings is 4. The Morgan fingerprint density at radius 3 is 2.13 bits per heavy atom. The van der Waals surface area contributed by atoms with E-state index in [4.69, 9.17) is 16.3 Å². The molecular formula is C42H36ClN3O6. The van der Waals surface area contributed by atoms with Crippen molar-refractivity contribution in [2.75, 3.05) is 41.0 Å². The van der Waals surface area contributed by atoms with E-state index in [1.807, 2.05) is 60.7 Å². The Bertz CT molecular complexity index is 2130. The minimum absolute atomic E-state index is 0.0698. The van der Waals surface area contributed by atoms with Crippen molar-refractivity contribution in [3.8, 4) is 5.75 Å². The molecule has 4 aromatic carbocycles. The van der Waals surface area contributed by atoms with Crippen LogP contribution in [0.15, 0.2) is 115 Å². The van der Waals surface area contributed by atoms with Crippen LogP contribution in [0.2, 0.25) is 5.02 Å². The number of anilines is 3. The fraction of sp³-hybridized carbons (Fsp3) is 0.286. The molecule has 9 rings (SSSR count). The molecule has 4 fully saturated rings. The first-order valence-corrected chi connectivity index (χ1v) is 18.2. The number of nitrogens with zero attached hydrogens (tertiary/aromatic N) is 3. The highest BCUT2D eigenvalue weighted by Crippen LogP contribution is 2.64. The summed E-state index contributed by atoms with van der Waals surface area (Å²) in [6.07, 6.45) is 2.58. The standard InChI is InChI=1S/C42H36ClN3O6/c43-27-7-4-8-30(23-27)46-39(49)35-24-34-32(37(25-9-15-31(47)16-10-25)42(35,41(46)51)26-5-2-1-3-6-26)17-18-33-36(34)40(50)45(38(33)48)29-13-11-28(12-14-29)44-19-21-52-22-20-44/h1-17,23,33-37,47H,18-22,24H2/t33-,34+,35-,36-,37-,42+/m0/s1. The predicted octanol–water partition coefficient (Wildman–Crippen LogP) is 6.25. The largest absolute Gasteiger partial charge is 0.508 e. The third kappa shape index (κ3) is 4.79. The van der Waals surface area contributed by atoms with E-state index in [0.717, 1.165) is 29.9 Å². The summed E-state index contributed by atoms with van der Waals surface area (Å²) >= 11 is 6.40. The molecule has 5 aliphatic rings. The fourth-order valence-corrected chi connectivity index (χ4v) is 9.86. The second-order valence-electron chi connectivity index (χ2n) is 14.3. The molecule has 4 aromatic rings. The van der Waals surface area contributed by atoms with Crippen LogP contribution in [0.5, 0.6) is 5.75 Å². The number of ether oxygens (including phenoxy) is 1. The molecule has 52 heavy (non-hydrogen) atoms. The van der Waals surface area contributed by atoms with Gasteiger partial charge >= 0.3 is 0 Å². The van der Waals surface area contributed by atoms with E-state index in [9.17, 15) is 19.5 Å². The highest BCUT2D eigenvalue weighted by Gasteiger charge is 2.70. The van der Waals surface area contributed by atoms with Crippen LogP contribution >= 0.6 is 11.6 Å². The van der Waals surface area contributed by atoms with Crippen LogP contribution in [0.4, 0.5) is 17.1 Å². The van der Waals surface area contributed by atoms with E-state index in [0.29, 0.717) is 41.6 Å². The van der Waals surface area contributed by atoms with E-state index in [2.05, 4.69) is 4.90 Å². The first-order chi connectivity index (χ1) is 25.3. The number of aromatic hydroxyl groups is 1. The molecule has 2 aliphatic carbocycles. The number of carbonyl (C=O) groups is 4. The third-order valence-corrected chi connectivity index (χ3v) is 12.1. The summed E-state index contributed by atoms with van der Waals surface area (Å²) in [5.74, 6) is -4.50. The minimum Gasteiger partial charge on any atom is -0.508 e. The maximum absolute atomic E-state index is 15.3. The summed E-state index contributed by atoms with van der Waals surface area (Å²) in [5, 5.41) is 10.7. The number of allylic oxidation sites excluding steroid dienone is 2. The number of halogens is 1. The average Bonchev–Trinajstić information content (AvgIpc) is 3.56. The molecule has 3 aliphatic heterocycles. The summed E-state index contributed by atoms with van der Waals surface area (Å²) in [7, 11) is 0. The summed E-state index contributed by atoms with van der Waals surface area (Å²) in [5.41, 5.74) is 2.83. The van der Waals surface area contributed by atoms with Gasteiger partial charge in [0.05, 0.1) is 47.8 Å². The van der Waals surface area contributed by atoms with Crippen LogP contribution < -0.4 is 14.7 Å². The molecule has 0 aromatic heterocycles. The van der Waals surface area contributed by atoms with Gasteiger partial charge in [-0.3, -0.25) is 24.1 Å². The fourth-order valence-electron chi connectivity index (χ4n) is 9.67. The summed E-state index contributed by atoms with van der Waals surface area (Å²) < 4.78 is 5.49. The second kappa shape index (κ2) is 12.5. The molecular weight excluding hydrogens is 678 g/mol. The molecule has 1 N–H and O–H groups in total. The maximum Gasteiger partial charge on any atom is 0.246 e. The molecule has 9 nitrogen and oxygen atoms in total. The van der Waals surface area contributed by atoms with Crippen LogP contribution in [0.1, 0.15) is 29.9 Å². The van der Waals surface area contributed by atoms with Gasteiger partial charge in [0, 0.05) is 29.7 Å². The van der Waals surface area contributed by atoms with Gasteiger partial charge in [-0.05, 0) is 84.5 Å². The number of phenols is 1. The van der Waals surface area contributed by atoms with Crippen molar-refractivity contribution in [2.45, 2.75) is 24.2 Å². The van der Waals surface area contributed by atoms with Crippen LogP contribution in [0.3, 0.4) is 0 Å². The number of imide groups is 2. The zero-order valence-electron chi connectivity index (χ0n) is 28.2. The van der Waals surface area contributed by atoms with E-state index >= 15 is 4.79 Å². The molecule has 0 spiro atoms. The number of amides is 4. The Kier molecular flexibility index (Phi) is 7.82. The van der Waals surface area contributed by atoms with E-state index in [1.54, 1.807) is 48.5 Å². The molecule has 1 saturated carbocycles. The third-order valence-electron chi connectivity index (χ3n) is 11.9. The zero-order chi connectivity index (χ0) is 35.7. The Morgan fingerprint density at radius 2 is 1.42 bits per heavy atom. The normalized spacial score (nSPS) is 28.4. The van der Waals surface area contributed by atoms with Gasteiger partial charge in [0.15, 0.2) is 0 Å². The van der Waals surface area contributed by atoms with Crippen molar-refractivity contribution in [2.24, 2.45) is 23.7 Å².